The molecule has 0 bridgehead atoms. The second-order valence-corrected chi connectivity index (χ2v) is 8.32. The first kappa shape index (κ1) is 18.7. The molecule has 1 fully saturated rings. The van der Waals surface area contributed by atoms with E-state index in [0.717, 1.165) is 0 Å². The molecule has 0 aliphatic carbocycles. The monoisotopic (exact) mass is 380 g/mol. The molecule has 1 aromatic carbocycles. The van der Waals surface area contributed by atoms with Gasteiger partial charge < -0.3 is 14.2 Å². The summed E-state index contributed by atoms with van der Waals surface area (Å²) in [6, 6.07) is 6.97. The Morgan fingerprint density at radius 2 is 1.81 bits per heavy atom. The minimum absolute atomic E-state index is 0.189. The number of nitrogens with zero attached hydrogens (tertiary/aromatic N) is 4. The normalized spacial score (nSPS) is 16.2. The molecule has 26 heavy (non-hydrogen) atoms. The van der Waals surface area contributed by atoms with Crippen molar-refractivity contribution in [1.82, 2.24) is 14.4 Å². The van der Waals surface area contributed by atoms with Crippen molar-refractivity contribution >= 4 is 16.0 Å². The first-order valence-corrected chi connectivity index (χ1v) is 10.2. The topological polar surface area (TPSA) is 88.8 Å². The minimum Gasteiger partial charge on any atom is -0.494 e. The van der Waals surface area contributed by atoms with Gasteiger partial charge in [-0.1, -0.05) is 19.0 Å². The second-order valence-electron chi connectivity index (χ2n) is 6.39. The van der Waals surface area contributed by atoms with Crippen LogP contribution in [0.25, 0.3) is 0 Å². The molecule has 0 N–H and O–H groups in total. The summed E-state index contributed by atoms with van der Waals surface area (Å²) in [6.07, 6.45) is 0. The molecule has 142 valence electrons. The number of ether oxygens (including phenoxy) is 1. The van der Waals surface area contributed by atoms with Gasteiger partial charge in [0.2, 0.25) is 10.0 Å². The molecule has 0 radical (unpaired) electrons. The van der Waals surface area contributed by atoms with Crippen molar-refractivity contribution in [2.75, 3.05) is 37.7 Å². The number of hydrogen-bond acceptors (Lipinski definition) is 7. The fraction of sp³-hybridized carbons (Fsp3) is 0.529. The van der Waals surface area contributed by atoms with Crippen LogP contribution in [0.15, 0.2) is 33.7 Å². The predicted molar refractivity (Wildman–Crippen MR) is 97.0 cm³/mol. The quantitative estimate of drug-likeness (QED) is 0.758. The molecule has 1 saturated heterocycles. The van der Waals surface area contributed by atoms with Crippen LogP contribution in [0.3, 0.4) is 0 Å². The minimum atomic E-state index is -3.52. The molecule has 0 atom stereocenters. The number of piperazine rings is 1. The fourth-order valence-corrected chi connectivity index (χ4v) is 4.15. The molecule has 0 spiro atoms. The van der Waals surface area contributed by atoms with Crippen LogP contribution in [0.5, 0.6) is 5.75 Å². The molecule has 0 saturated carbocycles. The summed E-state index contributed by atoms with van der Waals surface area (Å²) in [6.45, 7) is 8.18. The number of aromatic nitrogens is 2. The maximum atomic E-state index is 12.8. The van der Waals surface area contributed by atoms with Crippen molar-refractivity contribution in [2.45, 2.75) is 31.6 Å². The van der Waals surface area contributed by atoms with Crippen molar-refractivity contribution < 1.29 is 17.7 Å². The number of anilines is 1. The van der Waals surface area contributed by atoms with E-state index in [9.17, 15) is 8.42 Å². The number of benzene rings is 1. The van der Waals surface area contributed by atoms with Gasteiger partial charge in [0, 0.05) is 32.1 Å². The van der Waals surface area contributed by atoms with Crippen molar-refractivity contribution in [2.24, 2.45) is 0 Å². The van der Waals surface area contributed by atoms with Gasteiger partial charge >= 0.3 is 6.01 Å². The number of rotatable bonds is 6. The van der Waals surface area contributed by atoms with Gasteiger partial charge in [0.25, 0.3) is 0 Å². The van der Waals surface area contributed by atoms with Gasteiger partial charge in [-0.15, -0.1) is 0 Å². The van der Waals surface area contributed by atoms with E-state index < -0.39 is 10.0 Å². The molecule has 2 aromatic rings. The molecular formula is C17H24N4O4S. The van der Waals surface area contributed by atoms with E-state index in [1.165, 1.54) is 4.31 Å². The summed E-state index contributed by atoms with van der Waals surface area (Å²) in [4.78, 5) is 6.56. The van der Waals surface area contributed by atoms with Gasteiger partial charge in [0.05, 0.1) is 11.5 Å². The lowest BCUT2D eigenvalue weighted by atomic mass is 10.2. The summed E-state index contributed by atoms with van der Waals surface area (Å²) in [5, 5.41) is 3.96. The highest BCUT2D eigenvalue weighted by Crippen LogP contribution is 2.23. The first-order chi connectivity index (χ1) is 12.4. The van der Waals surface area contributed by atoms with Gasteiger partial charge in [-0.25, -0.2) is 8.42 Å². The zero-order chi connectivity index (χ0) is 18.7. The molecule has 1 aliphatic heterocycles. The zero-order valence-electron chi connectivity index (χ0n) is 15.3. The number of hydrogen-bond donors (Lipinski definition) is 0. The Labute approximate surface area is 153 Å². The number of sulfonamides is 1. The SMILES string of the molecule is CCOc1ccc(S(=O)(=O)N2CCN(c3nc(C(C)C)no3)CC2)cc1. The molecule has 3 rings (SSSR count). The van der Waals surface area contributed by atoms with Gasteiger partial charge in [0.1, 0.15) is 5.75 Å². The van der Waals surface area contributed by atoms with Crippen molar-refractivity contribution in [3.05, 3.63) is 30.1 Å². The molecule has 0 unspecified atom stereocenters. The Morgan fingerprint density at radius 1 is 1.15 bits per heavy atom. The third kappa shape index (κ3) is 3.83. The van der Waals surface area contributed by atoms with Gasteiger partial charge in [-0.05, 0) is 31.2 Å². The van der Waals surface area contributed by atoms with E-state index in [0.29, 0.717) is 50.4 Å². The van der Waals surface area contributed by atoms with E-state index in [4.69, 9.17) is 9.26 Å². The lowest BCUT2D eigenvalue weighted by Gasteiger charge is -2.32. The molecule has 1 aliphatic rings. The molecule has 2 heterocycles. The average molecular weight is 380 g/mol. The summed E-state index contributed by atoms with van der Waals surface area (Å²) >= 11 is 0. The van der Waals surface area contributed by atoms with Crippen LogP contribution in [0.4, 0.5) is 6.01 Å². The van der Waals surface area contributed by atoms with Crippen LogP contribution in [0.2, 0.25) is 0 Å². The smallest absolute Gasteiger partial charge is 0.324 e. The van der Waals surface area contributed by atoms with Crippen molar-refractivity contribution in [3.63, 3.8) is 0 Å². The Hall–Kier alpha value is -2.13. The highest BCUT2D eigenvalue weighted by molar-refractivity contribution is 7.89. The van der Waals surface area contributed by atoms with Crippen LogP contribution in [-0.4, -0.2) is 55.6 Å². The highest BCUT2D eigenvalue weighted by Gasteiger charge is 2.30. The Bertz CT molecular complexity index is 825. The third-order valence-corrected chi connectivity index (χ3v) is 6.14. The zero-order valence-corrected chi connectivity index (χ0v) is 16.1. The lowest BCUT2D eigenvalue weighted by molar-refractivity contribution is 0.339. The maximum Gasteiger partial charge on any atom is 0.324 e. The third-order valence-electron chi connectivity index (χ3n) is 4.23. The van der Waals surface area contributed by atoms with Crippen molar-refractivity contribution in [3.8, 4) is 5.75 Å². The van der Waals surface area contributed by atoms with Crippen LogP contribution < -0.4 is 9.64 Å². The molecular weight excluding hydrogens is 356 g/mol. The molecule has 9 heteroatoms. The van der Waals surface area contributed by atoms with Crippen LogP contribution in [-0.2, 0) is 10.0 Å². The van der Waals surface area contributed by atoms with Gasteiger partial charge in [-0.3, -0.25) is 0 Å². The van der Waals surface area contributed by atoms with Crippen LogP contribution in [0.1, 0.15) is 32.5 Å². The second kappa shape index (κ2) is 7.63. The van der Waals surface area contributed by atoms with Gasteiger partial charge in [-0.2, -0.15) is 9.29 Å². The lowest BCUT2D eigenvalue weighted by Crippen LogP contribution is -2.48. The summed E-state index contributed by atoms with van der Waals surface area (Å²) in [5.41, 5.74) is 0. The van der Waals surface area contributed by atoms with Crippen LogP contribution in [0, 0.1) is 0 Å². The Balaban J connectivity index is 1.66. The van der Waals surface area contributed by atoms with E-state index in [-0.39, 0.29) is 10.8 Å². The van der Waals surface area contributed by atoms with E-state index in [1.54, 1.807) is 24.3 Å². The maximum absolute atomic E-state index is 12.8. The standard InChI is InChI=1S/C17H24N4O4S/c1-4-24-14-5-7-15(8-6-14)26(22,23)21-11-9-20(10-12-21)17-18-16(13(2)3)19-25-17/h5-8,13H,4,9-12H2,1-3H3. The molecule has 8 nitrogen and oxygen atoms in total. The highest BCUT2D eigenvalue weighted by atomic mass is 32.2. The molecule has 1 aromatic heterocycles. The largest absolute Gasteiger partial charge is 0.494 e. The Morgan fingerprint density at radius 3 is 2.35 bits per heavy atom. The average Bonchev–Trinajstić information content (AvgIpc) is 3.13. The molecule has 0 amide bonds. The first-order valence-electron chi connectivity index (χ1n) is 8.73. The Kier molecular flexibility index (Phi) is 5.47. The summed E-state index contributed by atoms with van der Waals surface area (Å²) in [5.74, 6) is 1.51. The van der Waals surface area contributed by atoms with Gasteiger partial charge in [0.15, 0.2) is 5.82 Å². The fourth-order valence-electron chi connectivity index (χ4n) is 2.73. The summed E-state index contributed by atoms with van der Waals surface area (Å²) < 4.78 is 37.8. The summed E-state index contributed by atoms with van der Waals surface area (Å²) in [7, 11) is -3.52. The van der Waals surface area contributed by atoms with E-state index in [2.05, 4.69) is 10.1 Å². The van der Waals surface area contributed by atoms with Crippen molar-refractivity contribution in [1.29, 1.82) is 0 Å². The van der Waals surface area contributed by atoms with E-state index in [1.807, 2.05) is 25.7 Å². The van der Waals surface area contributed by atoms with Crippen LogP contribution >= 0.6 is 0 Å². The van der Waals surface area contributed by atoms with E-state index >= 15 is 0 Å². The predicted octanol–water partition coefficient (Wildman–Crippen LogP) is 2.10.